The van der Waals surface area contributed by atoms with Crippen molar-refractivity contribution in [3.05, 3.63) is 42.0 Å². The van der Waals surface area contributed by atoms with E-state index in [4.69, 9.17) is 4.74 Å². The first-order valence-electron chi connectivity index (χ1n) is 9.49. The van der Waals surface area contributed by atoms with Gasteiger partial charge in [0.2, 0.25) is 0 Å². The minimum absolute atomic E-state index is 0.0187. The van der Waals surface area contributed by atoms with Crippen LogP contribution in [-0.4, -0.2) is 42.6 Å². The van der Waals surface area contributed by atoms with E-state index in [2.05, 4.69) is 53.6 Å². The molecule has 1 N–H and O–H groups in total. The number of nitrogens with zero attached hydrogens (tertiary/aromatic N) is 1. The Labute approximate surface area is 148 Å². The van der Waals surface area contributed by atoms with Gasteiger partial charge in [-0.2, -0.15) is 0 Å². The van der Waals surface area contributed by atoms with Crippen molar-refractivity contribution in [3.63, 3.8) is 0 Å². The number of para-hydroxylation sites is 1. The van der Waals surface area contributed by atoms with Gasteiger partial charge in [-0.3, -0.25) is 9.69 Å². The van der Waals surface area contributed by atoms with Crippen molar-refractivity contribution in [2.24, 2.45) is 17.3 Å². The Kier molecular flexibility index (Phi) is 2.37. The molecule has 1 aromatic carbocycles. The third-order valence-electron chi connectivity index (χ3n) is 8.47. The molecule has 4 nitrogen and oxygen atoms in total. The Balaban J connectivity index is 1.69. The molecule has 5 aliphatic rings. The zero-order valence-electron chi connectivity index (χ0n) is 14.8. The fourth-order valence-corrected chi connectivity index (χ4v) is 7.93. The van der Waals surface area contributed by atoms with Gasteiger partial charge in [0.25, 0.3) is 0 Å². The van der Waals surface area contributed by atoms with Gasteiger partial charge in [-0.25, -0.2) is 0 Å². The summed E-state index contributed by atoms with van der Waals surface area (Å²) in [5, 5.41) is 3.92. The van der Waals surface area contributed by atoms with E-state index in [9.17, 15) is 4.79 Å². The molecule has 3 fully saturated rings. The lowest BCUT2D eigenvalue weighted by Crippen LogP contribution is -2.63. The second-order valence-corrected chi connectivity index (χ2v) is 8.67. The van der Waals surface area contributed by atoms with Crippen LogP contribution in [0, 0.1) is 17.3 Å². The van der Waals surface area contributed by atoms with E-state index >= 15 is 0 Å². The number of esters is 1. The molecule has 2 aliphatic carbocycles. The molecule has 3 spiro atoms. The van der Waals surface area contributed by atoms with Gasteiger partial charge < -0.3 is 10.1 Å². The topological polar surface area (TPSA) is 41.6 Å². The van der Waals surface area contributed by atoms with Crippen LogP contribution in [0.4, 0.5) is 5.69 Å². The summed E-state index contributed by atoms with van der Waals surface area (Å²) in [7, 11) is 1.54. The molecule has 130 valence electrons. The van der Waals surface area contributed by atoms with Crippen molar-refractivity contribution in [2.45, 2.75) is 36.8 Å². The molecule has 3 aliphatic heterocycles. The van der Waals surface area contributed by atoms with Crippen LogP contribution in [0.15, 0.2) is 36.4 Å². The van der Waals surface area contributed by atoms with Crippen molar-refractivity contribution in [3.8, 4) is 0 Å². The quantitative estimate of drug-likeness (QED) is 0.632. The number of anilines is 1. The average Bonchev–Trinajstić information content (AvgIpc) is 3.29. The first-order chi connectivity index (χ1) is 12.1. The van der Waals surface area contributed by atoms with E-state index in [1.807, 2.05) is 0 Å². The molecular formula is C21H24N2O2. The van der Waals surface area contributed by atoms with Gasteiger partial charge in [0, 0.05) is 29.1 Å². The summed E-state index contributed by atoms with van der Waals surface area (Å²) < 4.78 is 5.30. The maximum absolute atomic E-state index is 12.9. The number of rotatable bonds is 1. The highest BCUT2D eigenvalue weighted by molar-refractivity contribution is 5.82. The minimum atomic E-state index is -0.224. The van der Waals surface area contributed by atoms with Crippen molar-refractivity contribution < 1.29 is 9.53 Å². The van der Waals surface area contributed by atoms with Gasteiger partial charge in [0.1, 0.15) is 0 Å². The highest BCUT2D eigenvalue weighted by Crippen LogP contribution is 2.78. The molecule has 3 heterocycles. The molecule has 0 amide bonds. The van der Waals surface area contributed by atoms with Crippen LogP contribution in [0.3, 0.4) is 0 Å². The molecule has 6 rings (SSSR count). The predicted molar refractivity (Wildman–Crippen MR) is 95.3 cm³/mol. The Morgan fingerprint density at radius 3 is 3.04 bits per heavy atom. The highest BCUT2D eigenvalue weighted by atomic mass is 16.5. The van der Waals surface area contributed by atoms with Crippen LogP contribution in [0.25, 0.3) is 0 Å². The molecule has 0 radical (unpaired) electrons. The van der Waals surface area contributed by atoms with Crippen LogP contribution in [0.5, 0.6) is 0 Å². The minimum Gasteiger partial charge on any atom is -0.469 e. The molecule has 2 saturated carbocycles. The normalized spacial score (nSPS) is 48.0. The Morgan fingerprint density at radius 2 is 2.20 bits per heavy atom. The number of hydrogen-bond acceptors (Lipinski definition) is 4. The van der Waals surface area contributed by atoms with Crippen LogP contribution < -0.4 is 5.32 Å². The van der Waals surface area contributed by atoms with Gasteiger partial charge in [0.15, 0.2) is 0 Å². The lowest BCUT2D eigenvalue weighted by atomic mass is 9.57. The van der Waals surface area contributed by atoms with E-state index in [1.54, 1.807) is 0 Å². The summed E-state index contributed by atoms with van der Waals surface area (Å²) in [5.74, 6) is 0.277. The summed E-state index contributed by atoms with van der Waals surface area (Å²) >= 11 is 0. The molecule has 0 aromatic heterocycles. The molecule has 0 unspecified atom stereocenters. The molecule has 1 aromatic rings. The first kappa shape index (κ1) is 14.4. The maximum atomic E-state index is 12.9. The lowest BCUT2D eigenvalue weighted by Gasteiger charge is -2.50. The molecular weight excluding hydrogens is 312 g/mol. The summed E-state index contributed by atoms with van der Waals surface area (Å²) in [6.07, 6.45) is 6.83. The fraction of sp³-hybridized carbons (Fsp3) is 0.571. The average molecular weight is 336 g/mol. The van der Waals surface area contributed by atoms with Gasteiger partial charge in [-0.1, -0.05) is 37.3 Å². The van der Waals surface area contributed by atoms with Crippen LogP contribution >= 0.6 is 0 Å². The zero-order valence-corrected chi connectivity index (χ0v) is 14.8. The summed E-state index contributed by atoms with van der Waals surface area (Å²) in [6, 6.07) is 9.25. The number of carbonyl (C=O) groups is 1. The van der Waals surface area contributed by atoms with E-state index in [0.29, 0.717) is 12.0 Å². The SMILES string of the molecule is COC(=O)[C@@H]1C[C@@]23C=CCN4CC[C@@]5(c6ccccc6N[C@@]15[C@@H]2C)[C@@H]43. The molecule has 1 saturated heterocycles. The number of fused-ring (bicyclic) bond motifs is 1. The number of nitrogens with one attached hydrogen (secondary N) is 1. The smallest absolute Gasteiger partial charge is 0.311 e. The fourth-order valence-electron chi connectivity index (χ4n) is 7.93. The monoisotopic (exact) mass is 336 g/mol. The number of carbonyl (C=O) groups excluding carboxylic acids is 1. The molecule has 4 heteroatoms. The van der Waals surface area contributed by atoms with Crippen molar-refractivity contribution in [1.29, 1.82) is 0 Å². The first-order valence-corrected chi connectivity index (χ1v) is 9.49. The summed E-state index contributed by atoms with van der Waals surface area (Å²) in [6.45, 7) is 4.53. The second-order valence-electron chi connectivity index (χ2n) is 8.67. The largest absolute Gasteiger partial charge is 0.469 e. The van der Waals surface area contributed by atoms with Crippen molar-refractivity contribution in [1.82, 2.24) is 4.90 Å². The van der Waals surface area contributed by atoms with Gasteiger partial charge in [0.05, 0.1) is 18.6 Å². The Bertz CT molecular complexity index is 835. The van der Waals surface area contributed by atoms with Gasteiger partial charge >= 0.3 is 5.97 Å². The molecule has 2 bridgehead atoms. The number of benzene rings is 1. The Morgan fingerprint density at radius 1 is 1.36 bits per heavy atom. The predicted octanol–water partition coefficient (Wildman–Crippen LogP) is 2.56. The molecule has 25 heavy (non-hydrogen) atoms. The summed E-state index contributed by atoms with van der Waals surface area (Å²) in [5.41, 5.74) is 2.53. The third kappa shape index (κ3) is 1.19. The highest BCUT2D eigenvalue weighted by Gasteiger charge is 2.85. The standard InChI is InChI=1S/C21H24N2O2/c1-13-19-8-5-10-23-11-9-20(18(19)23)14-6-3-4-7-16(14)22-21(13,20)15(12-19)17(24)25-2/h3-8,13,15,18,22H,9-12H2,1-2H3/t13-,15+,18+,19+,20-,21+/m1/s1. The van der Waals surface area contributed by atoms with Crippen LogP contribution in [0.2, 0.25) is 0 Å². The van der Waals surface area contributed by atoms with E-state index in [0.717, 1.165) is 25.9 Å². The van der Waals surface area contributed by atoms with Gasteiger partial charge in [-0.05, 0) is 36.9 Å². The Hall–Kier alpha value is -1.81. The van der Waals surface area contributed by atoms with E-state index < -0.39 is 0 Å². The number of ether oxygens (including phenoxy) is 1. The van der Waals surface area contributed by atoms with Crippen LogP contribution in [-0.2, 0) is 14.9 Å². The van der Waals surface area contributed by atoms with Crippen LogP contribution in [0.1, 0.15) is 25.3 Å². The third-order valence-corrected chi connectivity index (χ3v) is 8.47. The number of hydrogen-bond donors (Lipinski definition) is 1. The maximum Gasteiger partial charge on any atom is 0.311 e. The van der Waals surface area contributed by atoms with E-state index in [-0.39, 0.29) is 28.3 Å². The van der Waals surface area contributed by atoms with Gasteiger partial charge in [-0.15, -0.1) is 0 Å². The van der Waals surface area contributed by atoms with Crippen molar-refractivity contribution in [2.75, 3.05) is 25.5 Å². The van der Waals surface area contributed by atoms with E-state index in [1.165, 1.54) is 18.4 Å². The number of methoxy groups -OCH3 is 1. The lowest BCUT2D eigenvalue weighted by molar-refractivity contribution is -0.149. The molecule has 6 atom stereocenters. The van der Waals surface area contributed by atoms with Crippen molar-refractivity contribution >= 4 is 11.7 Å². The second kappa shape index (κ2) is 4.12. The zero-order chi connectivity index (χ0) is 17.0. The summed E-state index contributed by atoms with van der Waals surface area (Å²) in [4.78, 5) is 15.6.